The number of ether oxygens (including phenoxy) is 2. The third-order valence-corrected chi connectivity index (χ3v) is 5.58. The Morgan fingerprint density at radius 3 is 2.43 bits per heavy atom. The molecule has 0 saturated carbocycles. The third-order valence-electron chi connectivity index (χ3n) is 5.58. The molecule has 0 aliphatic carbocycles. The summed E-state index contributed by atoms with van der Waals surface area (Å²) >= 11 is 0. The summed E-state index contributed by atoms with van der Waals surface area (Å²) < 4.78 is 17.3. The fraction of sp³-hybridized carbons (Fsp3) is 0.185. The van der Waals surface area contributed by atoms with Crippen molar-refractivity contribution in [3.8, 4) is 17.2 Å². The number of para-hydroxylation sites is 2. The van der Waals surface area contributed by atoms with Crippen molar-refractivity contribution in [2.24, 2.45) is 0 Å². The van der Waals surface area contributed by atoms with Gasteiger partial charge in [-0.15, -0.1) is 0 Å². The first kappa shape index (κ1) is 23.7. The smallest absolute Gasteiger partial charge is 0.311 e. The second kappa shape index (κ2) is 9.80. The molecule has 0 spiro atoms. The van der Waals surface area contributed by atoms with E-state index in [4.69, 9.17) is 13.9 Å². The van der Waals surface area contributed by atoms with Gasteiger partial charge in [0.25, 0.3) is 0 Å². The summed E-state index contributed by atoms with van der Waals surface area (Å²) in [5, 5.41) is 11.6. The van der Waals surface area contributed by atoms with Crippen LogP contribution in [0.25, 0.3) is 11.0 Å². The van der Waals surface area contributed by atoms with Gasteiger partial charge in [0.2, 0.25) is 16.9 Å². The Balaban J connectivity index is 1.67. The van der Waals surface area contributed by atoms with Crippen LogP contribution in [0.3, 0.4) is 0 Å². The highest BCUT2D eigenvalue weighted by atomic mass is 16.6. The Kier molecular flexibility index (Phi) is 6.64. The number of aryl methyl sites for hydroxylation is 3. The van der Waals surface area contributed by atoms with E-state index in [9.17, 15) is 19.7 Å². The predicted octanol–water partition coefficient (Wildman–Crippen LogP) is 5.93. The van der Waals surface area contributed by atoms with Gasteiger partial charge in [0.1, 0.15) is 17.1 Å². The van der Waals surface area contributed by atoms with Crippen molar-refractivity contribution in [1.29, 1.82) is 0 Å². The highest BCUT2D eigenvalue weighted by Crippen LogP contribution is 2.33. The van der Waals surface area contributed by atoms with Gasteiger partial charge in [-0.1, -0.05) is 48.9 Å². The van der Waals surface area contributed by atoms with E-state index in [1.54, 1.807) is 37.3 Å². The van der Waals surface area contributed by atoms with Crippen molar-refractivity contribution in [2.45, 2.75) is 27.2 Å². The van der Waals surface area contributed by atoms with Gasteiger partial charge in [0, 0.05) is 17.7 Å². The number of ketones is 1. The normalized spacial score (nSPS) is 10.8. The van der Waals surface area contributed by atoms with Crippen molar-refractivity contribution in [2.75, 3.05) is 6.61 Å². The zero-order valence-electron chi connectivity index (χ0n) is 19.5. The van der Waals surface area contributed by atoms with E-state index >= 15 is 0 Å². The fourth-order valence-corrected chi connectivity index (χ4v) is 3.66. The van der Waals surface area contributed by atoms with Crippen LogP contribution in [-0.4, -0.2) is 17.3 Å². The lowest BCUT2D eigenvalue weighted by Gasteiger charge is -2.13. The molecule has 0 unspecified atom stereocenters. The minimum atomic E-state index is -0.579. The van der Waals surface area contributed by atoms with Crippen molar-refractivity contribution in [3.05, 3.63) is 103 Å². The molecule has 8 heteroatoms. The highest BCUT2D eigenvalue weighted by Gasteiger charge is 2.21. The molecule has 4 aromatic rings. The molecule has 3 aromatic carbocycles. The molecule has 0 bridgehead atoms. The Morgan fingerprint density at radius 1 is 1.03 bits per heavy atom. The average Bonchev–Trinajstić information content (AvgIpc) is 2.85. The first-order chi connectivity index (χ1) is 16.8. The minimum Gasteiger partial charge on any atom is -0.485 e. The molecule has 0 radical (unpaired) electrons. The molecule has 1 aromatic heterocycles. The Bertz CT molecular complexity index is 1490. The summed E-state index contributed by atoms with van der Waals surface area (Å²) in [6.07, 6.45) is 0.539. The number of fused-ring (bicyclic) bond motifs is 1. The number of hydrogen-bond acceptors (Lipinski definition) is 7. The molecular weight excluding hydrogens is 450 g/mol. The SMILES string of the molecule is CCc1cc2c(=O)c(Oc3ccccc3[N+](=O)[O-])c(C)oc2cc1OCC(=O)c1ccc(C)cc1. The molecule has 0 amide bonds. The molecule has 8 nitrogen and oxygen atoms in total. The van der Waals surface area contributed by atoms with Gasteiger partial charge in [-0.25, -0.2) is 0 Å². The largest absolute Gasteiger partial charge is 0.485 e. The van der Waals surface area contributed by atoms with Crippen LogP contribution in [0.2, 0.25) is 0 Å². The van der Waals surface area contributed by atoms with Crippen LogP contribution in [0, 0.1) is 24.0 Å². The molecule has 4 rings (SSSR count). The van der Waals surface area contributed by atoms with E-state index < -0.39 is 10.4 Å². The molecule has 0 aliphatic heterocycles. The highest BCUT2D eigenvalue weighted by molar-refractivity contribution is 5.97. The van der Waals surface area contributed by atoms with Gasteiger partial charge < -0.3 is 13.9 Å². The standard InChI is InChI=1S/C27H23NO7/c1-4-18-13-20-25(14-24(18)33-15-22(29)19-11-9-16(2)10-12-19)34-17(3)27(26(20)30)35-23-8-6-5-7-21(23)28(31)32/h5-14H,4,15H2,1-3H3. The van der Waals surface area contributed by atoms with Gasteiger partial charge in [-0.05, 0) is 38.0 Å². The van der Waals surface area contributed by atoms with Gasteiger partial charge in [0.15, 0.2) is 12.4 Å². The number of nitrogens with zero attached hydrogens (tertiary/aromatic N) is 1. The van der Waals surface area contributed by atoms with E-state index in [-0.39, 0.29) is 46.3 Å². The predicted molar refractivity (Wildman–Crippen MR) is 131 cm³/mol. The fourth-order valence-electron chi connectivity index (χ4n) is 3.66. The van der Waals surface area contributed by atoms with Gasteiger partial charge in [-0.3, -0.25) is 19.7 Å². The summed E-state index contributed by atoms with van der Waals surface area (Å²) in [6, 6.07) is 16.3. The summed E-state index contributed by atoms with van der Waals surface area (Å²) in [5.74, 6) is 0.245. The Hall–Kier alpha value is -4.46. The number of rotatable bonds is 8. The van der Waals surface area contributed by atoms with Crippen molar-refractivity contribution in [1.82, 2.24) is 0 Å². The van der Waals surface area contributed by atoms with Crippen LogP contribution in [0.1, 0.15) is 34.2 Å². The van der Waals surface area contributed by atoms with Gasteiger partial charge in [0.05, 0.1) is 10.3 Å². The van der Waals surface area contributed by atoms with E-state index in [0.29, 0.717) is 23.3 Å². The number of Topliss-reactive ketones (excluding diaryl/α,β-unsaturated/α-hetero) is 1. The van der Waals surface area contributed by atoms with Gasteiger partial charge >= 0.3 is 5.69 Å². The van der Waals surface area contributed by atoms with E-state index in [1.807, 2.05) is 26.0 Å². The van der Waals surface area contributed by atoms with Crippen molar-refractivity contribution < 1.29 is 23.6 Å². The van der Waals surface area contributed by atoms with Crippen LogP contribution in [0.4, 0.5) is 5.69 Å². The van der Waals surface area contributed by atoms with Gasteiger partial charge in [-0.2, -0.15) is 0 Å². The number of nitro groups is 1. The van der Waals surface area contributed by atoms with Crippen molar-refractivity contribution >= 4 is 22.4 Å². The second-order valence-corrected chi connectivity index (χ2v) is 8.03. The minimum absolute atomic E-state index is 0.0578. The second-order valence-electron chi connectivity index (χ2n) is 8.03. The monoisotopic (exact) mass is 473 g/mol. The van der Waals surface area contributed by atoms with Crippen LogP contribution in [0.15, 0.2) is 69.9 Å². The van der Waals surface area contributed by atoms with Crippen LogP contribution >= 0.6 is 0 Å². The number of carbonyl (C=O) groups excluding carboxylic acids is 1. The molecule has 0 N–H and O–H groups in total. The van der Waals surface area contributed by atoms with E-state index in [0.717, 1.165) is 5.56 Å². The number of nitro benzene ring substituents is 1. The first-order valence-corrected chi connectivity index (χ1v) is 11.0. The number of benzene rings is 3. The lowest BCUT2D eigenvalue weighted by molar-refractivity contribution is -0.385. The lowest BCUT2D eigenvalue weighted by Crippen LogP contribution is -2.13. The quantitative estimate of drug-likeness (QED) is 0.177. The molecule has 0 atom stereocenters. The molecule has 0 aliphatic rings. The van der Waals surface area contributed by atoms with E-state index in [2.05, 4.69) is 0 Å². The topological polar surface area (TPSA) is 109 Å². The Labute approximate surface area is 200 Å². The van der Waals surface area contributed by atoms with E-state index in [1.165, 1.54) is 18.2 Å². The molecular formula is C27H23NO7. The zero-order valence-corrected chi connectivity index (χ0v) is 19.5. The summed E-state index contributed by atoms with van der Waals surface area (Å²) in [6.45, 7) is 5.22. The van der Waals surface area contributed by atoms with Crippen LogP contribution in [-0.2, 0) is 6.42 Å². The summed E-state index contributed by atoms with van der Waals surface area (Å²) in [4.78, 5) is 36.5. The summed E-state index contributed by atoms with van der Waals surface area (Å²) in [5.41, 5.74) is 1.86. The maximum Gasteiger partial charge on any atom is 0.311 e. The lowest BCUT2D eigenvalue weighted by atomic mass is 10.1. The molecule has 178 valence electrons. The summed E-state index contributed by atoms with van der Waals surface area (Å²) in [7, 11) is 0. The molecule has 0 saturated heterocycles. The number of hydrogen-bond donors (Lipinski definition) is 0. The third kappa shape index (κ3) is 4.91. The first-order valence-electron chi connectivity index (χ1n) is 11.0. The average molecular weight is 473 g/mol. The molecule has 35 heavy (non-hydrogen) atoms. The van der Waals surface area contributed by atoms with Crippen molar-refractivity contribution in [3.63, 3.8) is 0 Å². The number of carbonyl (C=O) groups is 1. The maximum absolute atomic E-state index is 13.2. The molecule has 0 fully saturated rings. The Morgan fingerprint density at radius 2 is 1.74 bits per heavy atom. The zero-order chi connectivity index (χ0) is 25.1. The van der Waals surface area contributed by atoms with Crippen LogP contribution < -0.4 is 14.9 Å². The molecule has 1 heterocycles. The van der Waals surface area contributed by atoms with Crippen LogP contribution in [0.5, 0.6) is 17.2 Å². The maximum atomic E-state index is 13.2.